The van der Waals surface area contributed by atoms with Crippen molar-refractivity contribution in [3.63, 3.8) is 0 Å². The minimum absolute atomic E-state index is 0.0900. The van der Waals surface area contributed by atoms with Crippen molar-refractivity contribution in [2.45, 2.75) is 13.8 Å². The maximum Gasteiger partial charge on any atom is 0.196 e. The highest BCUT2D eigenvalue weighted by Crippen LogP contribution is 2.32. The van der Waals surface area contributed by atoms with Crippen LogP contribution in [0.2, 0.25) is 0 Å². The molecule has 0 spiro atoms. The SMILES string of the molecule is Cc1cc(C)c2c(c1)OC/C(=C\c1cccs1)C2=O. The second-order valence-electron chi connectivity index (χ2n) is 4.76. The summed E-state index contributed by atoms with van der Waals surface area (Å²) in [5, 5.41) is 2.00. The number of carbonyl (C=O) groups is 1. The number of benzene rings is 1. The van der Waals surface area contributed by atoms with Gasteiger partial charge < -0.3 is 4.74 Å². The Hall–Kier alpha value is -1.87. The number of Topliss-reactive ketones (excluding diaryl/α,β-unsaturated/α-hetero) is 1. The first-order valence-corrected chi connectivity index (χ1v) is 7.06. The van der Waals surface area contributed by atoms with E-state index in [-0.39, 0.29) is 5.78 Å². The van der Waals surface area contributed by atoms with Crippen LogP contribution in [0.25, 0.3) is 6.08 Å². The summed E-state index contributed by atoms with van der Waals surface area (Å²) in [5.41, 5.74) is 3.54. The topological polar surface area (TPSA) is 26.3 Å². The van der Waals surface area contributed by atoms with Gasteiger partial charge in [0.1, 0.15) is 12.4 Å². The molecule has 0 fully saturated rings. The fourth-order valence-electron chi connectivity index (χ4n) is 2.37. The van der Waals surface area contributed by atoms with Crippen molar-refractivity contribution >= 4 is 23.2 Å². The lowest BCUT2D eigenvalue weighted by Crippen LogP contribution is -2.20. The van der Waals surface area contributed by atoms with Crippen molar-refractivity contribution in [3.8, 4) is 5.75 Å². The Morgan fingerprint density at radius 2 is 2.16 bits per heavy atom. The molecule has 0 radical (unpaired) electrons. The van der Waals surface area contributed by atoms with Crippen molar-refractivity contribution in [1.82, 2.24) is 0 Å². The molecule has 1 aromatic carbocycles. The third-order valence-corrected chi connectivity index (χ3v) is 4.02. The second-order valence-corrected chi connectivity index (χ2v) is 5.74. The van der Waals surface area contributed by atoms with Crippen LogP contribution in [0.15, 0.2) is 35.2 Å². The summed E-state index contributed by atoms with van der Waals surface area (Å²) in [7, 11) is 0. The Labute approximate surface area is 116 Å². The molecule has 0 aliphatic carbocycles. The zero-order chi connectivity index (χ0) is 13.4. The minimum atomic E-state index is 0.0900. The summed E-state index contributed by atoms with van der Waals surface area (Å²) in [5.74, 6) is 0.804. The zero-order valence-electron chi connectivity index (χ0n) is 10.9. The van der Waals surface area contributed by atoms with Crippen molar-refractivity contribution in [1.29, 1.82) is 0 Å². The molecule has 0 unspecified atom stereocenters. The number of aryl methyl sites for hydroxylation is 2. The summed E-state index contributed by atoms with van der Waals surface area (Å²) < 4.78 is 5.73. The van der Waals surface area contributed by atoms with Crippen LogP contribution in [0.1, 0.15) is 26.4 Å². The van der Waals surface area contributed by atoms with Gasteiger partial charge in [-0.3, -0.25) is 4.79 Å². The Morgan fingerprint density at radius 1 is 1.32 bits per heavy atom. The van der Waals surface area contributed by atoms with E-state index < -0.39 is 0 Å². The monoisotopic (exact) mass is 270 g/mol. The van der Waals surface area contributed by atoms with Crippen molar-refractivity contribution in [3.05, 3.63) is 56.8 Å². The molecule has 1 aromatic heterocycles. The summed E-state index contributed by atoms with van der Waals surface area (Å²) in [6, 6.07) is 7.94. The Morgan fingerprint density at radius 3 is 2.89 bits per heavy atom. The molecule has 3 rings (SSSR count). The van der Waals surface area contributed by atoms with Crippen LogP contribution in [-0.4, -0.2) is 12.4 Å². The van der Waals surface area contributed by atoms with E-state index in [9.17, 15) is 4.79 Å². The number of rotatable bonds is 1. The van der Waals surface area contributed by atoms with Gasteiger partial charge in [0, 0.05) is 10.5 Å². The van der Waals surface area contributed by atoms with Gasteiger partial charge in [-0.15, -0.1) is 11.3 Å². The van der Waals surface area contributed by atoms with Gasteiger partial charge in [0.05, 0.1) is 5.56 Å². The van der Waals surface area contributed by atoms with E-state index in [0.717, 1.165) is 21.6 Å². The number of carbonyl (C=O) groups excluding carboxylic acids is 1. The molecule has 2 heterocycles. The number of ketones is 1. The molecule has 0 bridgehead atoms. The van der Waals surface area contributed by atoms with Crippen LogP contribution in [0, 0.1) is 13.8 Å². The van der Waals surface area contributed by atoms with Gasteiger partial charge in [-0.05, 0) is 48.6 Å². The Balaban J connectivity index is 2.05. The number of ether oxygens (including phenoxy) is 1. The highest BCUT2D eigenvalue weighted by molar-refractivity contribution is 7.10. The summed E-state index contributed by atoms with van der Waals surface area (Å²) in [6.07, 6.45) is 1.93. The molecule has 0 amide bonds. The van der Waals surface area contributed by atoms with Gasteiger partial charge in [0.2, 0.25) is 0 Å². The molecular weight excluding hydrogens is 256 g/mol. The molecule has 0 atom stereocenters. The van der Waals surface area contributed by atoms with E-state index in [0.29, 0.717) is 17.9 Å². The molecule has 0 saturated carbocycles. The first-order chi connectivity index (χ1) is 9.15. The average molecular weight is 270 g/mol. The first-order valence-electron chi connectivity index (χ1n) is 6.18. The fraction of sp³-hybridized carbons (Fsp3) is 0.188. The van der Waals surface area contributed by atoms with Gasteiger partial charge >= 0.3 is 0 Å². The van der Waals surface area contributed by atoms with Crippen LogP contribution in [0.5, 0.6) is 5.75 Å². The van der Waals surface area contributed by atoms with Crippen LogP contribution in [0.3, 0.4) is 0 Å². The predicted molar refractivity (Wildman–Crippen MR) is 78.0 cm³/mol. The molecule has 96 valence electrons. The third kappa shape index (κ3) is 2.22. The highest BCUT2D eigenvalue weighted by Gasteiger charge is 2.25. The molecule has 1 aliphatic heterocycles. The lowest BCUT2D eigenvalue weighted by Gasteiger charge is -2.21. The maximum absolute atomic E-state index is 12.5. The Kier molecular flexibility index (Phi) is 2.99. The summed E-state index contributed by atoms with van der Waals surface area (Å²) in [4.78, 5) is 13.6. The lowest BCUT2D eigenvalue weighted by molar-refractivity contribution is 0.1000. The molecule has 2 nitrogen and oxygen atoms in total. The van der Waals surface area contributed by atoms with Crippen LogP contribution < -0.4 is 4.74 Å². The number of thiophene rings is 1. The van der Waals surface area contributed by atoms with Crippen molar-refractivity contribution in [2.75, 3.05) is 6.61 Å². The van der Waals surface area contributed by atoms with Crippen molar-refractivity contribution in [2.24, 2.45) is 0 Å². The van der Waals surface area contributed by atoms with E-state index in [2.05, 4.69) is 0 Å². The minimum Gasteiger partial charge on any atom is -0.488 e. The predicted octanol–water partition coefficient (Wildman–Crippen LogP) is 4.02. The zero-order valence-corrected chi connectivity index (χ0v) is 11.7. The molecule has 1 aliphatic rings. The average Bonchev–Trinajstić information content (AvgIpc) is 2.85. The number of hydrogen-bond acceptors (Lipinski definition) is 3. The van der Waals surface area contributed by atoms with Crippen molar-refractivity contribution < 1.29 is 9.53 Å². The standard InChI is InChI=1S/C16H14O2S/c1-10-6-11(2)15-14(7-10)18-9-12(16(15)17)8-13-4-3-5-19-13/h3-8H,9H2,1-2H3/b12-8+. The molecule has 0 N–H and O–H groups in total. The smallest absolute Gasteiger partial charge is 0.196 e. The number of fused-ring (bicyclic) bond motifs is 1. The quantitative estimate of drug-likeness (QED) is 0.731. The van der Waals surface area contributed by atoms with Gasteiger partial charge in [-0.2, -0.15) is 0 Å². The molecule has 19 heavy (non-hydrogen) atoms. The summed E-state index contributed by atoms with van der Waals surface area (Å²) >= 11 is 1.62. The third-order valence-electron chi connectivity index (χ3n) is 3.21. The van der Waals surface area contributed by atoms with E-state index >= 15 is 0 Å². The molecular formula is C16H14O2S. The van der Waals surface area contributed by atoms with Crippen LogP contribution >= 0.6 is 11.3 Å². The molecule has 0 saturated heterocycles. The van der Waals surface area contributed by atoms with Crippen LogP contribution in [0.4, 0.5) is 0 Å². The first kappa shape index (κ1) is 12.2. The number of hydrogen-bond donors (Lipinski definition) is 0. The second kappa shape index (κ2) is 4.67. The molecule has 2 aromatic rings. The van der Waals surface area contributed by atoms with E-state index in [1.54, 1.807) is 11.3 Å². The van der Waals surface area contributed by atoms with E-state index in [1.807, 2.05) is 49.6 Å². The maximum atomic E-state index is 12.5. The van der Waals surface area contributed by atoms with Gasteiger partial charge in [-0.25, -0.2) is 0 Å². The fourth-order valence-corrected chi connectivity index (χ4v) is 3.05. The van der Waals surface area contributed by atoms with Crippen LogP contribution in [-0.2, 0) is 0 Å². The van der Waals surface area contributed by atoms with E-state index in [4.69, 9.17) is 4.74 Å². The van der Waals surface area contributed by atoms with Gasteiger partial charge in [0.25, 0.3) is 0 Å². The molecule has 3 heteroatoms. The largest absolute Gasteiger partial charge is 0.488 e. The normalized spacial score (nSPS) is 16.3. The highest BCUT2D eigenvalue weighted by atomic mass is 32.1. The summed E-state index contributed by atoms with van der Waals surface area (Å²) in [6.45, 7) is 4.33. The van der Waals surface area contributed by atoms with E-state index in [1.165, 1.54) is 0 Å². The van der Waals surface area contributed by atoms with Gasteiger partial charge in [-0.1, -0.05) is 12.1 Å². The van der Waals surface area contributed by atoms with Gasteiger partial charge in [0.15, 0.2) is 5.78 Å². The lowest BCUT2D eigenvalue weighted by atomic mass is 9.94. The Bertz CT molecular complexity index is 666.